The fraction of sp³-hybridized carbons (Fsp3) is 0.0870. The molecule has 0 aliphatic heterocycles. The van der Waals surface area contributed by atoms with Crippen molar-refractivity contribution in [1.29, 1.82) is 0 Å². The first kappa shape index (κ1) is 20.2. The number of halogens is 1. The largest absolute Gasteiger partial charge is 0.307 e. The lowest BCUT2D eigenvalue weighted by Crippen LogP contribution is -2.16. The van der Waals surface area contributed by atoms with Crippen LogP contribution in [0.1, 0.15) is 21.6 Å². The van der Waals surface area contributed by atoms with Crippen LogP contribution in [-0.2, 0) is 12.3 Å². The topological polar surface area (TPSA) is 59.8 Å². The molecular formula is C23H19ClN4OS. The Morgan fingerprint density at radius 2 is 1.77 bits per heavy atom. The summed E-state index contributed by atoms with van der Waals surface area (Å²) in [5, 5.41) is 7.94. The van der Waals surface area contributed by atoms with Gasteiger partial charge in [0.15, 0.2) is 0 Å². The Hall–Kier alpha value is -3.09. The molecule has 0 unspecified atom stereocenters. The predicted octanol–water partition coefficient (Wildman–Crippen LogP) is 5.52. The summed E-state index contributed by atoms with van der Waals surface area (Å²) in [7, 11) is 0. The van der Waals surface area contributed by atoms with Crippen LogP contribution in [0, 0.1) is 0 Å². The number of amides is 1. The molecule has 0 fully saturated rings. The zero-order valence-electron chi connectivity index (χ0n) is 16.0. The van der Waals surface area contributed by atoms with E-state index >= 15 is 0 Å². The van der Waals surface area contributed by atoms with Crippen LogP contribution < -0.4 is 5.32 Å². The van der Waals surface area contributed by atoms with Gasteiger partial charge >= 0.3 is 0 Å². The summed E-state index contributed by atoms with van der Waals surface area (Å²) in [6.07, 6.45) is 3.40. The van der Waals surface area contributed by atoms with Crippen molar-refractivity contribution in [2.24, 2.45) is 0 Å². The van der Waals surface area contributed by atoms with Gasteiger partial charge in [-0.1, -0.05) is 29.8 Å². The summed E-state index contributed by atoms with van der Waals surface area (Å²) in [6.45, 7) is 0.490. The minimum Gasteiger partial charge on any atom is -0.307 e. The fourth-order valence-corrected chi connectivity index (χ4v) is 3.83. The van der Waals surface area contributed by atoms with Gasteiger partial charge in [-0.15, -0.1) is 11.8 Å². The van der Waals surface area contributed by atoms with Crippen molar-refractivity contribution in [3.63, 3.8) is 0 Å². The minimum atomic E-state index is -0.172. The summed E-state index contributed by atoms with van der Waals surface area (Å²) in [4.78, 5) is 18.1. The number of thioether (sulfide) groups is 1. The lowest BCUT2D eigenvalue weighted by molar-refractivity contribution is 0.102. The minimum absolute atomic E-state index is 0.172. The number of carbonyl (C=O) groups is 1. The number of benzene rings is 2. The van der Waals surface area contributed by atoms with E-state index in [0.29, 0.717) is 17.9 Å². The summed E-state index contributed by atoms with van der Waals surface area (Å²) < 4.78 is 1.72. The van der Waals surface area contributed by atoms with Crippen LogP contribution in [0.5, 0.6) is 0 Å². The van der Waals surface area contributed by atoms with E-state index in [1.54, 1.807) is 34.9 Å². The molecule has 4 rings (SSSR count). The summed E-state index contributed by atoms with van der Waals surface area (Å²) in [6, 6.07) is 22.9. The van der Waals surface area contributed by atoms with Gasteiger partial charge in [0, 0.05) is 33.5 Å². The lowest BCUT2D eigenvalue weighted by Gasteiger charge is -2.09. The molecule has 0 bridgehead atoms. The molecular weight excluding hydrogens is 416 g/mol. The SMILES string of the molecule is O=C(Nc1ccnn1Cc1ccccn1)c1ccc(CSc2ccc(Cl)cc2)cc1. The van der Waals surface area contributed by atoms with Gasteiger partial charge in [0.2, 0.25) is 0 Å². The molecule has 7 heteroatoms. The highest BCUT2D eigenvalue weighted by Crippen LogP contribution is 2.24. The van der Waals surface area contributed by atoms with Crippen molar-refractivity contribution in [2.45, 2.75) is 17.2 Å². The average Bonchev–Trinajstić information content (AvgIpc) is 3.21. The van der Waals surface area contributed by atoms with E-state index in [0.717, 1.165) is 26.9 Å². The van der Waals surface area contributed by atoms with Crippen LogP contribution in [0.2, 0.25) is 5.02 Å². The lowest BCUT2D eigenvalue weighted by atomic mass is 10.1. The van der Waals surface area contributed by atoms with E-state index in [1.807, 2.05) is 66.7 Å². The predicted molar refractivity (Wildman–Crippen MR) is 121 cm³/mol. The van der Waals surface area contributed by atoms with Gasteiger partial charge in [0.1, 0.15) is 5.82 Å². The second kappa shape index (κ2) is 9.61. The molecule has 0 saturated carbocycles. The molecule has 1 amide bonds. The van der Waals surface area contributed by atoms with E-state index in [-0.39, 0.29) is 5.91 Å². The van der Waals surface area contributed by atoms with Crippen LogP contribution in [0.3, 0.4) is 0 Å². The highest BCUT2D eigenvalue weighted by Gasteiger charge is 2.10. The van der Waals surface area contributed by atoms with Gasteiger partial charge in [-0.3, -0.25) is 9.78 Å². The Morgan fingerprint density at radius 3 is 2.50 bits per heavy atom. The smallest absolute Gasteiger partial charge is 0.256 e. The zero-order chi connectivity index (χ0) is 20.8. The van der Waals surface area contributed by atoms with Crippen LogP contribution in [0.25, 0.3) is 0 Å². The monoisotopic (exact) mass is 434 g/mol. The molecule has 30 heavy (non-hydrogen) atoms. The number of nitrogens with zero attached hydrogens (tertiary/aromatic N) is 3. The second-order valence-electron chi connectivity index (χ2n) is 6.59. The molecule has 2 heterocycles. The number of carbonyl (C=O) groups excluding carboxylic acids is 1. The maximum Gasteiger partial charge on any atom is 0.256 e. The van der Waals surface area contributed by atoms with Gasteiger partial charge in [0.25, 0.3) is 5.91 Å². The molecule has 150 valence electrons. The third-order valence-corrected chi connectivity index (χ3v) is 5.77. The van der Waals surface area contributed by atoms with Crippen molar-refractivity contribution in [2.75, 3.05) is 5.32 Å². The van der Waals surface area contributed by atoms with Crippen molar-refractivity contribution >= 4 is 35.1 Å². The molecule has 0 aliphatic rings. The number of hydrogen-bond acceptors (Lipinski definition) is 4. The third kappa shape index (κ3) is 5.28. The maximum atomic E-state index is 12.7. The van der Waals surface area contributed by atoms with Gasteiger partial charge in [-0.05, 0) is 54.1 Å². The molecule has 0 radical (unpaired) electrons. The molecule has 0 spiro atoms. The van der Waals surface area contributed by atoms with Gasteiger partial charge in [-0.2, -0.15) is 5.10 Å². The summed E-state index contributed by atoms with van der Waals surface area (Å²) >= 11 is 7.65. The van der Waals surface area contributed by atoms with Crippen molar-refractivity contribution in [1.82, 2.24) is 14.8 Å². The summed E-state index contributed by atoms with van der Waals surface area (Å²) in [5.74, 6) is 1.28. The molecule has 1 N–H and O–H groups in total. The second-order valence-corrected chi connectivity index (χ2v) is 8.07. The van der Waals surface area contributed by atoms with E-state index in [2.05, 4.69) is 15.4 Å². The number of anilines is 1. The highest BCUT2D eigenvalue weighted by molar-refractivity contribution is 7.98. The average molecular weight is 435 g/mol. The summed E-state index contributed by atoms with van der Waals surface area (Å²) in [5.41, 5.74) is 2.62. The van der Waals surface area contributed by atoms with Crippen LogP contribution in [0.15, 0.2) is 90.1 Å². The molecule has 4 aromatic rings. The Balaban J connectivity index is 1.36. The van der Waals surface area contributed by atoms with Gasteiger partial charge < -0.3 is 5.32 Å². The number of pyridine rings is 1. The highest BCUT2D eigenvalue weighted by atomic mass is 35.5. The van der Waals surface area contributed by atoms with Crippen molar-refractivity contribution < 1.29 is 4.79 Å². The Bertz CT molecular complexity index is 1110. The van der Waals surface area contributed by atoms with Gasteiger partial charge in [-0.25, -0.2) is 4.68 Å². The van der Waals surface area contributed by atoms with E-state index in [1.165, 1.54) is 0 Å². The molecule has 2 aromatic carbocycles. The number of nitrogens with one attached hydrogen (secondary N) is 1. The standard InChI is InChI=1S/C23H19ClN4OS/c24-19-8-10-21(11-9-19)30-16-17-4-6-18(7-5-17)23(29)27-22-12-14-26-28(22)15-20-3-1-2-13-25-20/h1-14H,15-16H2,(H,27,29). The third-order valence-electron chi connectivity index (χ3n) is 4.43. The zero-order valence-corrected chi connectivity index (χ0v) is 17.6. The Labute approximate surface area is 184 Å². The molecule has 0 aliphatic carbocycles. The van der Waals surface area contributed by atoms with Gasteiger partial charge in [0.05, 0.1) is 18.4 Å². The molecule has 2 aromatic heterocycles. The number of aromatic nitrogens is 3. The quantitative estimate of drug-likeness (QED) is 0.389. The van der Waals surface area contributed by atoms with E-state index in [4.69, 9.17) is 11.6 Å². The van der Waals surface area contributed by atoms with Crippen molar-refractivity contribution in [3.05, 3.63) is 107 Å². The first-order chi connectivity index (χ1) is 14.7. The Kier molecular flexibility index (Phi) is 6.47. The maximum absolute atomic E-state index is 12.7. The van der Waals surface area contributed by atoms with Crippen LogP contribution >= 0.6 is 23.4 Å². The van der Waals surface area contributed by atoms with Crippen molar-refractivity contribution in [3.8, 4) is 0 Å². The molecule has 0 saturated heterocycles. The first-order valence-electron chi connectivity index (χ1n) is 9.38. The first-order valence-corrected chi connectivity index (χ1v) is 10.7. The van der Waals surface area contributed by atoms with Crippen LogP contribution in [0.4, 0.5) is 5.82 Å². The van der Waals surface area contributed by atoms with E-state index < -0.39 is 0 Å². The molecule has 5 nitrogen and oxygen atoms in total. The number of hydrogen-bond donors (Lipinski definition) is 1. The van der Waals surface area contributed by atoms with Crippen LogP contribution in [-0.4, -0.2) is 20.7 Å². The van der Waals surface area contributed by atoms with E-state index in [9.17, 15) is 4.79 Å². The normalized spacial score (nSPS) is 10.7. The Morgan fingerprint density at radius 1 is 0.967 bits per heavy atom. The number of rotatable bonds is 7. The fourth-order valence-electron chi connectivity index (χ4n) is 2.85. The molecule has 0 atom stereocenters.